The second-order valence-electron chi connectivity index (χ2n) is 7.03. The summed E-state index contributed by atoms with van der Waals surface area (Å²) in [6.45, 7) is 0.699. The van der Waals surface area contributed by atoms with Gasteiger partial charge in [0.25, 0.3) is 15.9 Å². The molecule has 2 heterocycles. The number of hydrogen-bond acceptors (Lipinski definition) is 5. The lowest BCUT2D eigenvalue weighted by atomic mass is 9.93. The molecule has 27 heavy (non-hydrogen) atoms. The number of carbonyl (C=O) groups is 1. The minimum Gasteiger partial charge on any atom is -0.325 e. The lowest BCUT2D eigenvalue weighted by Gasteiger charge is -2.33. The highest BCUT2D eigenvalue weighted by Crippen LogP contribution is 2.42. The van der Waals surface area contributed by atoms with Crippen LogP contribution in [0.4, 0.5) is 5.69 Å². The minimum atomic E-state index is -3.39. The van der Waals surface area contributed by atoms with Crippen molar-refractivity contribution >= 4 is 38.5 Å². The van der Waals surface area contributed by atoms with Crippen molar-refractivity contribution in [1.29, 1.82) is 0 Å². The van der Waals surface area contributed by atoms with E-state index in [1.165, 1.54) is 18.2 Å². The highest BCUT2D eigenvalue weighted by molar-refractivity contribution is 8.15. The number of amidine groups is 1. The smallest absolute Gasteiger partial charge is 0.257 e. The van der Waals surface area contributed by atoms with E-state index >= 15 is 0 Å². The van der Waals surface area contributed by atoms with E-state index in [4.69, 9.17) is 6.42 Å². The molecule has 4 rings (SSSR count). The summed E-state index contributed by atoms with van der Waals surface area (Å²) in [6, 6.07) is 5.72. The Hall–Kier alpha value is -1.98. The van der Waals surface area contributed by atoms with E-state index in [1.54, 1.807) is 6.07 Å². The molecule has 1 amide bonds. The van der Waals surface area contributed by atoms with Gasteiger partial charge in [0.05, 0.1) is 18.0 Å². The number of benzene rings is 1. The lowest BCUT2D eigenvalue weighted by molar-refractivity contribution is 0.0667. The zero-order chi connectivity index (χ0) is 19.0. The molecular formula is C19H21N3O3S2. The van der Waals surface area contributed by atoms with Gasteiger partial charge in [-0.25, -0.2) is 8.42 Å². The predicted octanol–water partition coefficient (Wildman–Crippen LogP) is 2.71. The Kier molecular flexibility index (Phi) is 4.91. The van der Waals surface area contributed by atoms with Crippen LogP contribution in [-0.2, 0) is 10.0 Å². The Morgan fingerprint density at radius 1 is 1.33 bits per heavy atom. The van der Waals surface area contributed by atoms with E-state index in [0.717, 1.165) is 36.3 Å². The van der Waals surface area contributed by atoms with Gasteiger partial charge in [0.2, 0.25) is 0 Å². The highest BCUT2D eigenvalue weighted by Gasteiger charge is 2.34. The minimum absolute atomic E-state index is 0.00874. The summed E-state index contributed by atoms with van der Waals surface area (Å²) in [5.41, 5.74) is 1.50. The van der Waals surface area contributed by atoms with Crippen molar-refractivity contribution in [2.24, 2.45) is 4.40 Å². The molecule has 8 heteroatoms. The second kappa shape index (κ2) is 7.21. The molecule has 0 N–H and O–H groups in total. The van der Waals surface area contributed by atoms with Crippen LogP contribution in [0.15, 0.2) is 27.5 Å². The summed E-state index contributed by atoms with van der Waals surface area (Å²) in [6.07, 6.45) is 11.0. The normalized spacial score (nSPS) is 21.0. The molecule has 1 saturated carbocycles. The SMILES string of the molecule is C#CCN(C(=O)c1ccc2c(c1)SC1=NS(=O)(=O)CCN12)C1CCCCC1. The molecule has 0 unspecified atom stereocenters. The molecule has 6 nitrogen and oxygen atoms in total. The summed E-state index contributed by atoms with van der Waals surface area (Å²) in [7, 11) is -3.39. The standard InChI is InChI=1S/C19H21N3O3S2/c1-2-10-21(15-6-4-3-5-7-15)18(23)14-8-9-16-17(13-14)26-19-20-27(24,25)12-11-22(16)19/h1,8-9,13,15H,3-7,10-12H2. The second-order valence-corrected chi connectivity index (χ2v) is 9.79. The average Bonchev–Trinajstić information content (AvgIpc) is 3.01. The molecule has 0 bridgehead atoms. The van der Waals surface area contributed by atoms with E-state index < -0.39 is 10.0 Å². The Labute approximate surface area is 164 Å². The fraction of sp³-hybridized carbons (Fsp3) is 0.474. The summed E-state index contributed by atoms with van der Waals surface area (Å²) in [4.78, 5) is 17.7. The first-order valence-corrected chi connectivity index (χ1v) is 11.6. The van der Waals surface area contributed by atoms with E-state index in [1.807, 2.05) is 21.9 Å². The van der Waals surface area contributed by atoms with Gasteiger partial charge in [0.15, 0.2) is 5.17 Å². The number of terminal acetylenes is 1. The summed E-state index contributed by atoms with van der Waals surface area (Å²) in [5, 5.41) is 0.466. The third-order valence-corrected chi connectivity index (χ3v) is 7.56. The molecular weight excluding hydrogens is 382 g/mol. The highest BCUT2D eigenvalue weighted by atomic mass is 32.2. The molecule has 0 saturated heterocycles. The van der Waals surface area contributed by atoms with Crippen LogP contribution in [0, 0.1) is 12.3 Å². The maximum absolute atomic E-state index is 13.1. The average molecular weight is 404 g/mol. The first-order valence-electron chi connectivity index (χ1n) is 9.15. The molecule has 0 radical (unpaired) electrons. The maximum Gasteiger partial charge on any atom is 0.257 e. The van der Waals surface area contributed by atoms with E-state index in [9.17, 15) is 13.2 Å². The quantitative estimate of drug-likeness (QED) is 0.726. The van der Waals surface area contributed by atoms with Crippen molar-refractivity contribution in [3.05, 3.63) is 23.8 Å². The number of rotatable bonds is 3. The van der Waals surface area contributed by atoms with Crippen molar-refractivity contribution in [1.82, 2.24) is 4.90 Å². The molecule has 0 aromatic heterocycles. The van der Waals surface area contributed by atoms with Crippen molar-refractivity contribution < 1.29 is 13.2 Å². The van der Waals surface area contributed by atoms with Crippen LogP contribution >= 0.6 is 11.8 Å². The summed E-state index contributed by atoms with van der Waals surface area (Å²) < 4.78 is 27.4. The largest absolute Gasteiger partial charge is 0.325 e. The Bertz CT molecular complexity index is 943. The van der Waals surface area contributed by atoms with E-state index in [2.05, 4.69) is 10.3 Å². The molecule has 3 aliphatic rings. The maximum atomic E-state index is 13.1. The predicted molar refractivity (Wildman–Crippen MR) is 108 cm³/mol. The van der Waals surface area contributed by atoms with Crippen LogP contribution in [-0.4, -0.2) is 49.3 Å². The zero-order valence-electron chi connectivity index (χ0n) is 14.9. The number of anilines is 1. The van der Waals surface area contributed by atoms with Crippen LogP contribution in [0.2, 0.25) is 0 Å². The first-order chi connectivity index (χ1) is 13.0. The molecule has 142 valence electrons. The van der Waals surface area contributed by atoms with Crippen molar-refractivity contribution in [3.63, 3.8) is 0 Å². The van der Waals surface area contributed by atoms with Gasteiger partial charge < -0.3 is 9.80 Å². The molecule has 1 aromatic carbocycles. The van der Waals surface area contributed by atoms with Crippen LogP contribution in [0.25, 0.3) is 0 Å². The van der Waals surface area contributed by atoms with Gasteiger partial charge in [-0.2, -0.15) is 0 Å². The van der Waals surface area contributed by atoms with E-state index in [0.29, 0.717) is 23.8 Å². The number of thioether (sulfide) groups is 1. The summed E-state index contributed by atoms with van der Waals surface area (Å²) in [5.74, 6) is 2.58. The first kappa shape index (κ1) is 18.4. The van der Waals surface area contributed by atoms with Crippen LogP contribution in [0.3, 0.4) is 0 Å². The van der Waals surface area contributed by atoms with Gasteiger partial charge in [0.1, 0.15) is 0 Å². The molecule has 1 aromatic rings. The monoisotopic (exact) mass is 403 g/mol. The third-order valence-electron chi connectivity index (χ3n) is 5.26. The zero-order valence-corrected chi connectivity index (χ0v) is 16.6. The van der Waals surface area contributed by atoms with Gasteiger partial charge >= 0.3 is 0 Å². The van der Waals surface area contributed by atoms with Gasteiger partial charge in [-0.3, -0.25) is 4.79 Å². The van der Waals surface area contributed by atoms with Gasteiger partial charge in [-0.05, 0) is 42.8 Å². The Balaban J connectivity index is 1.61. The van der Waals surface area contributed by atoms with Crippen molar-refractivity contribution in [2.45, 2.75) is 43.0 Å². The van der Waals surface area contributed by atoms with Gasteiger partial charge in [-0.1, -0.05) is 25.2 Å². The topological polar surface area (TPSA) is 70.0 Å². The number of sulfonamides is 1. The Morgan fingerprint density at radius 3 is 2.85 bits per heavy atom. The summed E-state index contributed by atoms with van der Waals surface area (Å²) >= 11 is 1.30. The van der Waals surface area contributed by atoms with Crippen molar-refractivity contribution in [3.8, 4) is 12.3 Å². The number of nitrogens with zero attached hydrogens (tertiary/aromatic N) is 3. The number of hydrogen-bond donors (Lipinski definition) is 0. The molecule has 0 spiro atoms. The van der Waals surface area contributed by atoms with Gasteiger partial charge in [0, 0.05) is 23.0 Å². The lowest BCUT2D eigenvalue weighted by Crippen LogP contribution is -2.41. The van der Waals surface area contributed by atoms with Gasteiger partial charge in [-0.15, -0.1) is 10.8 Å². The molecule has 2 aliphatic heterocycles. The third kappa shape index (κ3) is 3.58. The van der Waals surface area contributed by atoms with Crippen LogP contribution in [0.1, 0.15) is 42.5 Å². The molecule has 1 aliphatic carbocycles. The number of fused-ring (bicyclic) bond motifs is 3. The number of amides is 1. The fourth-order valence-electron chi connectivity index (χ4n) is 3.89. The van der Waals surface area contributed by atoms with E-state index in [-0.39, 0.29) is 17.7 Å². The van der Waals surface area contributed by atoms with Crippen LogP contribution < -0.4 is 4.90 Å². The number of carbonyl (C=O) groups excluding carboxylic acids is 1. The molecule has 0 atom stereocenters. The van der Waals surface area contributed by atoms with Crippen molar-refractivity contribution in [2.75, 3.05) is 23.7 Å². The molecule has 1 fully saturated rings. The Morgan fingerprint density at radius 2 is 2.11 bits per heavy atom. The van der Waals surface area contributed by atoms with Crippen LogP contribution in [0.5, 0.6) is 0 Å². The fourth-order valence-corrected chi connectivity index (χ4v) is 6.18.